The highest BCUT2D eigenvalue weighted by molar-refractivity contribution is 7.17. The number of fused-ring (bicyclic) bond motifs is 2. The second-order valence-electron chi connectivity index (χ2n) is 6.50. The van der Waals surface area contributed by atoms with Gasteiger partial charge in [0.05, 0.1) is 5.60 Å². The molecule has 0 spiro atoms. The van der Waals surface area contributed by atoms with Crippen molar-refractivity contribution in [3.05, 3.63) is 34.7 Å². The van der Waals surface area contributed by atoms with E-state index in [0.717, 1.165) is 38.6 Å². The molecule has 1 aromatic carbocycles. The van der Waals surface area contributed by atoms with E-state index >= 15 is 0 Å². The number of nitrogens with one attached hydrogen (secondary N) is 1. The quantitative estimate of drug-likeness (QED) is 0.908. The lowest BCUT2D eigenvalue weighted by Gasteiger charge is -2.53. The summed E-state index contributed by atoms with van der Waals surface area (Å²) in [5, 5.41) is 18.1. The van der Waals surface area contributed by atoms with E-state index in [9.17, 15) is 5.11 Å². The summed E-state index contributed by atoms with van der Waals surface area (Å²) in [5.41, 5.74) is 2.26. The molecule has 2 N–H and O–H groups in total. The number of likely N-dealkylation sites (N-methyl/N-ethyl adjacent to an activating group) is 1. The summed E-state index contributed by atoms with van der Waals surface area (Å²) in [6, 6.07) is 6.86. The summed E-state index contributed by atoms with van der Waals surface area (Å²) in [7, 11) is 2.00. The maximum Gasteiger partial charge on any atom is 0.0759 e. The first-order valence-corrected chi connectivity index (χ1v) is 8.44. The van der Waals surface area contributed by atoms with Gasteiger partial charge in [-0.05, 0) is 66.4 Å². The molecule has 2 nitrogen and oxygen atoms in total. The van der Waals surface area contributed by atoms with Crippen LogP contribution in [0.5, 0.6) is 0 Å². The topological polar surface area (TPSA) is 32.3 Å². The predicted molar refractivity (Wildman–Crippen MR) is 84.6 cm³/mol. The molecule has 2 aromatic rings. The second-order valence-corrected chi connectivity index (χ2v) is 7.44. The van der Waals surface area contributed by atoms with E-state index in [0.29, 0.717) is 0 Å². The molecule has 2 aliphatic carbocycles. The van der Waals surface area contributed by atoms with Gasteiger partial charge in [0, 0.05) is 16.7 Å². The molecule has 106 valence electrons. The molecular weight excluding hydrogens is 266 g/mol. The average Bonchev–Trinajstić information content (AvgIpc) is 3.04. The smallest absolute Gasteiger partial charge is 0.0759 e. The highest BCUT2D eigenvalue weighted by atomic mass is 32.1. The van der Waals surface area contributed by atoms with Crippen LogP contribution in [0.15, 0.2) is 23.6 Å². The minimum absolute atomic E-state index is 0.0658. The Bertz CT molecular complexity index is 656. The van der Waals surface area contributed by atoms with Crippen molar-refractivity contribution in [1.29, 1.82) is 0 Å². The molecule has 0 saturated heterocycles. The van der Waals surface area contributed by atoms with Crippen LogP contribution >= 0.6 is 11.3 Å². The molecule has 1 saturated carbocycles. The van der Waals surface area contributed by atoms with E-state index < -0.39 is 5.60 Å². The Kier molecular flexibility index (Phi) is 2.75. The molecule has 20 heavy (non-hydrogen) atoms. The predicted octanol–water partition coefficient (Wildman–Crippen LogP) is 3.22. The molecule has 1 fully saturated rings. The van der Waals surface area contributed by atoms with Crippen molar-refractivity contribution in [3.63, 3.8) is 0 Å². The molecule has 0 bridgehead atoms. The van der Waals surface area contributed by atoms with E-state index in [-0.39, 0.29) is 5.41 Å². The number of thiophene rings is 1. The molecule has 0 aliphatic heterocycles. The van der Waals surface area contributed by atoms with Crippen LogP contribution in [0.1, 0.15) is 36.8 Å². The fraction of sp³-hybridized carbons (Fsp3) is 0.529. The summed E-state index contributed by atoms with van der Waals surface area (Å²) >= 11 is 1.81. The first kappa shape index (κ1) is 12.8. The zero-order chi connectivity index (χ0) is 13.8. The number of hydrogen-bond acceptors (Lipinski definition) is 3. The average molecular weight is 287 g/mol. The van der Waals surface area contributed by atoms with Gasteiger partial charge in [0.2, 0.25) is 0 Å². The van der Waals surface area contributed by atoms with Crippen molar-refractivity contribution < 1.29 is 5.11 Å². The highest BCUT2D eigenvalue weighted by Crippen LogP contribution is 2.55. The lowest BCUT2D eigenvalue weighted by Crippen LogP contribution is -2.61. The summed E-state index contributed by atoms with van der Waals surface area (Å²) in [6.07, 6.45) is 5.26. The van der Waals surface area contributed by atoms with Crippen LogP contribution in [0.2, 0.25) is 0 Å². The maximum atomic E-state index is 11.2. The van der Waals surface area contributed by atoms with Crippen LogP contribution in [0.4, 0.5) is 0 Å². The van der Waals surface area contributed by atoms with Gasteiger partial charge in [-0.3, -0.25) is 0 Å². The molecule has 4 rings (SSSR count). The Morgan fingerprint density at radius 1 is 1.30 bits per heavy atom. The Balaban J connectivity index is 1.85. The van der Waals surface area contributed by atoms with E-state index in [1.165, 1.54) is 21.2 Å². The van der Waals surface area contributed by atoms with Crippen molar-refractivity contribution in [3.8, 4) is 0 Å². The third kappa shape index (κ3) is 1.51. The van der Waals surface area contributed by atoms with Gasteiger partial charge in [0.15, 0.2) is 0 Å². The van der Waals surface area contributed by atoms with Gasteiger partial charge >= 0.3 is 0 Å². The largest absolute Gasteiger partial charge is 0.389 e. The minimum atomic E-state index is -0.507. The van der Waals surface area contributed by atoms with Crippen LogP contribution in [-0.2, 0) is 11.8 Å². The van der Waals surface area contributed by atoms with Gasteiger partial charge in [-0.15, -0.1) is 11.3 Å². The van der Waals surface area contributed by atoms with Crippen molar-refractivity contribution in [2.24, 2.45) is 0 Å². The summed E-state index contributed by atoms with van der Waals surface area (Å²) in [6.45, 7) is 0.881. The second kappa shape index (κ2) is 4.30. The third-order valence-corrected chi connectivity index (χ3v) is 6.37. The Labute approximate surface area is 123 Å². The van der Waals surface area contributed by atoms with Gasteiger partial charge in [0.1, 0.15) is 0 Å². The van der Waals surface area contributed by atoms with Gasteiger partial charge in [-0.25, -0.2) is 0 Å². The number of aliphatic hydroxyl groups is 1. The first-order valence-electron chi connectivity index (χ1n) is 7.56. The zero-order valence-corrected chi connectivity index (χ0v) is 12.7. The summed E-state index contributed by atoms with van der Waals surface area (Å²) in [5.74, 6) is 0. The van der Waals surface area contributed by atoms with Crippen molar-refractivity contribution in [1.82, 2.24) is 5.32 Å². The standard InChI is InChI=1S/C17H21NOS/c1-18-11-16(17(19)5-2-3-6-17)10-13-9-15-12(4-7-20-15)8-14(13)16/h4,7-9,18-19H,2-3,5-6,10-11H2,1H3. The highest BCUT2D eigenvalue weighted by Gasteiger charge is 2.57. The van der Waals surface area contributed by atoms with Gasteiger partial charge < -0.3 is 10.4 Å². The van der Waals surface area contributed by atoms with Crippen LogP contribution in [0, 0.1) is 0 Å². The SMILES string of the molecule is CNCC1(C2(O)CCCC2)Cc2cc3sccc3cc21. The molecule has 1 unspecified atom stereocenters. The molecular formula is C17H21NOS. The number of hydrogen-bond donors (Lipinski definition) is 2. The Hall–Kier alpha value is -0.900. The maximum absolute atomic E-state index is 11.2. The lowest BCUT2D eigenvalue weighted by molar-refractivity contribution is -0.0453. The fourth-order valence-corrected chi connectivity index (χ4v) is 5.27. The zero-order valence-electron chi connectivity index (χ0n) is 11.9. The molecule has 0 radical (unpaired) electrons. The van der Waals surface area contributed by atoms with E-state index in [1.54, 1.807) is 0 Å². The van der Waals surface area contributed by atoms with Crippen molar-refractivity contribution in [2.75, 3.05) is 13.6 Å². The van der Waals surface area contributed by atoms with Crippen molar-refractivity contribution >= 4 is 21.4 Å². The van der Waals surface area contributed by atoms with E-state index in [4.69, 9.17) is 0 Å². The van der Waals surface area contributed by atoms with Crippen LogP contribution in [0.3, 0.4) is 0 Å². The Morgan fingerprint density at radius 2 is 2.10 bits per heavy atom. The monoisotopic (exact) mass is 287 g/mol. The van der Waals surface area contributed by atoms with Crippen molar-refractivity contribution in [2.45, 2.75) is 43.1 Å². The molecule has 3 heteroatoms. The normalized spacial score (nSPS) is 27.5. The Morgan fingerprint density at radius 3 is 2.85 bits per heavy atom. The number of benzene rings is 1. The molecule has 1 atom stereocenters. The van der Waals surface area contributed by atoms with Crippen LogP contribution in [-0.4, -0.2) is 24.3 Å². The molecule has 1 aromatic heterocycles. The van der Waals surface area contributed by atoms with E-state index in [1.807, 2.05) is 18.4 Å². The van der Waals surface area contributed by atoms with Crippen LogP contribution in [0.25, 0.3) is 10.1 Å². The van der Waals surface area contributed by atoms with Gasteiger partial charge in [0.25, 0.3) is 0 Å². The molecule has 0 amide bonds. The summed E-state index contributed by atoms with van der Waals surface area (Å²) in [4.78, 5) is 0. The molecule has 1 heterocycles. The summed E-state index contributed by atoms with van der Waals surface area (Å²) < 4.78 is 1.38. The third-order valence-electron chi connectivity index (χ3n) is 5.49. The van der Waals surface area contributed by atoms with Gasteiger partial charge in [-0.1, -0.05) is 12.8 Å². The van der Waals surface area contributed by atoms with E-state index in [2.05, 4.69) is 28.9 Å². The fourth-order valence-electron chi connectivity index (χ4n) is 4.43. The molecule has 2 aliphatic rings. The minimum Gasteiger partial charge on any atom is -0.389 e. The lowest BCUT2D eigenvalue weighted by atomic mass is 9.54. The van der Waals surface area contributed by atoms with Crippen LogP contribution < -0.4 is 5.32 Å². The van der Waals surface area contributed by atoms with Gasteiger partial charge in [-0.2, -0.15) is 0 Å². The number of rotatable bonds is 3. The first-order chi connectivity index (χ1) is 9.68.